The number of hydrogen-bond acceptors (Lipinski definition) is 2. The molecule has 4 nitrogen and oxygen atoms in total. The van der Waals surface area contributed by atoms with Crippen molar-refractivity contribution in [2.75, 3.05) is 11.9 Å². The number of rotatable bonds is 4. The summed E-state index contributed by atoms with van der Waals surface area (Å²) >= 11 is 0. The Bertz CT molecular complexity index is 590. The van der Waals surface area contributed by atoms with E-state index in [0.29, 0.717) is 13.0 Å². The predicted molar refractivity (Wildman–Crippen MR) is 71.3 cm³/mol. The second-order valence-corrected chi connectivity index (χ2v) is 4.08. The molecule has 0 aliphatic heterocycles. The van der Waals surface area contributed by atoms with Gasteiger partial charge >= 0.3 is 6.03 Å². The summed E-state index contributed by atoms with van der Waals surface area (Å²) in [4.78, 5) is 15.7. The summed E-state index contributed by atoms with van der Waals surface area (Å²) in [5.74, 6) is -1.96. The first-order valence-electron chi connectivity index (χ1n) is 6.05. The molecule has 104 valence electrons. The number of urea groups is 1. The van der Waals surface area contributed by atoms with Crippen molar-refractivity contribution in [2.24, 2.45) is 0 Å². The van der Waals surface area contributed by atoms with Gasteiger partial charge in [-0.25, -0.2) is 13.6 Å². The number of pyridine rings is 1. The van der Waals surface area contributed by atoms with Crippen LogP contribution >= 0.6 is 0 Å². The van der Waals surface area contributed by atoms with E-state index in [1.165, 1.54) is 6.07 Å². The summed E-state index contributed by atoms with van der Waals surface area (Å²) in [7, 11) is 0. The van der Waals surface area contributed by atoms with E-state index in [1.807, 2.05) is 18.2 Å². The lowest BCUT2D eigenvalue weighted by molar-refractivity contribution is 0.252. The van der Waals surface area contributed by atoms with Crippen LogP contribution in [-0.2, 0) is 6.42 Å². The van der Waals surface area contributed by atoms with Gasteiger partial charge in [0.2, 0.25) is 0 Å². The molecule has 1 aromatic heterocycles. The zero-order valence-electron chi connectivity index (χ0n) is 10.6. The Kier molecular flexibility index (Phi) is 4.60. The highest BCUT2D eigenvalue weighted by Crippen LogP contribution is 2.12. The van der Waals surface area contributed by atoms with E-state index < -0.39 is 17.7 Å². The van der Waals surface area contributed by atoms with E-state index in [9.17, 15) is 13.6 Å². The summed E-state index contributed by atoms with van der Waals surface area (Å²) in [6, 6.07) is 8.22. The number of aromatic nitrogens is 1. The average Bonchev–Trinajstić information content (AvgIpc) is 2.44. The second-order valence-electron chi connectivity index (χ2n) is 4.08. The quantitative estimate of drug-likeness (QED) is 0.902. The van der Waals surface area contributed by atoms with E-state index in [0.717, 1.165) is 17.8 Å². The van der Waals surface area contributed by atoms with Crippen molar-refractivity contribution < 1.29 is 13.6 Å². The molecule has 0 saturated carbocycles. The molecule has 1 heterocycles. The number of anilines is 1. The number of carbonyl (C=O) groups excluding carboxylic acids is 1. The van der Waals surface area contributed by atoms with Gasteiger partial charge < -0.3 is 10.6 Å². The lowest BCUT2D eigenvalue weighted by atomic mass is 10.3. The van der Waals surface area contributed by atoms with E-state index in [-0.39, 0.29) is 5.69 Å². The second kappa shape index (κ2) is 6.60. The minimum atomic E-state index is -1.00. The average molecular weight is 277 g/mol. The fourth-order valence-corrected chi connectivity index (χ4v) is 1.60. The van der Waals surface area contributed by atoms with Crippen LogP contribution < -0.4 is 10.6 Å². The third-order valence-corrected chi connectivity index (χ3v) is 2.57. The Balaban J connectivity index is 1.79. The molecule has 2 amide bonds. The van der Waals surface area contributed by atoms with E-state index in [1.54, 1.807) is 6.20 Å². The maximum absolute atomic E-state index is 12.9. The molecule has 20 heavy (non-hydrogen) atoms. The number of nitrogens with one attached hydrogen (secondary N) is 2. The van der Waals surface area contributed by atoms with Gasteiger partial charge in [0.1, 0.15) is 0 Å². The molecule has 2 aromatic rings. The highest BCUT2D eigenvalue weighted by molar-refractivity contribution is 5.89. The predicted octanol–water partition coefficient (Wildman–Crippen LogP) is 2.72. The van der Waals surface area contributed by atoms with Crippen LogP contribution in [0.5, 0.6) is 0 Å². The van der Waals surface area contributed by atoms with Gasteiger partial charge in [-0.2, -0.15) is 0 Å². The highest BCUT2D eigenvalue weighted by atomic mass is 19.2. The molecule has 1 aromatic carbocycles. The molecule has 0 radical (unpaired) electrons. The first-order valence-corrected chi connectivity index (χ1v) is 6.05. The summed E-state index contributed by atoms with van der Waals surface area (Å²) < 4.78 is 25.7. The van der Waals surface area contributed by atoms with Crippen molar-refractivity contribution in [1.82, 2.24) is 10.3 Å². The van der Waals surface area contributed by atoms with Crippen LogP contribution in [0, 0.1) is 11.6 Å². The minimum Gasteiger partial charge on any atom is -0.337 e. The smallest absolute Gasteiger partial charge is 0.319 e. The molecular formula is C14H13F2N3O. The molecule has 0 atom stereocenters. The molecule has 0 aliphatic rings. The third kappa shape index (κ3) is 4.01. The van der Waals surface area contributed by atoms with E-state index >= 15 is 0 Å². The summed E-state index contributed by atoms with van der Waals surface area (Å²) in [6.07, 6.45) is 2.27. The monoisotopic (exact) mass is 277 g/mol. The van der Waals surface area contributed by atoms with Gasteiger partial charge in [-0.3, -0.25) is 4.98 Å². The number of carbonyl (C=O) groups is 1. The number of nitrogens with zero attached hydrogens (tertiary/aromatic N) is 1. The van der Waals surface area contributed by atoms with Crippen LogP contribution in [0.1, 0.15) is 5.69 Å². The molecule has 6 heteroatoms. The van der Waals surface area contributed by atoms with Gasteiger partial charge in [-0.1, -0.05) is 6.07 Å². The van der Waals surface area contributed by atoms with Gasteiger partial charge in [0.05, 0.1) is 0 Å². The fourth-order valence-electron chi connectivity index (χ4n) is 1.60. The number of benzene rings is 1. The topological polar surface area (TPSA) is 54.0 Å². The Morgan fingerprint density at radius 2 is 2.00 bits per heavy atom. The van der Waals surface area contributed by atoms with E-state index in [2.05, 4.69) is 15.6 Å². The Hall–Kier alpha value is -2.50. The van der Waals surface area contributed by atoms with Crippen molar-refractivity contribution in [3.05, 3.63) is 59.9 Å². The zero-order chi connectivity index (χ0) is 14.4. The van der Waals surface area contributed by atoms with Crippen molar-refractivity contribution in [2.45, 2.75) is 6.42 Å². The van der Waals surface area contributed by atoms with Crippen LogP contribution in [0.15, 0.2) is 42.6 Å². The number of hydrogen-bond donors (Lipinski definition) is 2. The molecule has 0 unspecified atom stereocenters. The van der Waals surface area contributed by atoms with Crippen molar-refractivity contribution in [3.8, 4) is 0 Å². The molecule has 2 N–H and O–H groups in total. The van der Waals surface area contributed by atoms with Crippen LogP contribution in [0.25, 0.3) is 0 Å². The molecular weight excluding hydrogens is 264 g/mol. The lowest BCUT2D eigenvalue weighted by Gasteiger charge is -2.07. The van der Waals surface area contributed by atoms with Gasteiger partial charge in [0.15, 0.2) is 11.6 Å². The van der Waals surface area contributed by atoms with Crippen molar-refractivity contribution in [1.29, 1.82) is 0 Å². The summed E-state index contributed by atoms with van der Waals surface area (Å²) in [5, 5.41) is 5.03. The lowest BCUT2D eigenvalue weighted by Crippen LogP contribution is -2.30. The maximum atomic E-state index is 12.9. The number of halogens is 2. The van der Waals surface area contributed by atoms with Crippen LogP contribution in [0.4, 0.5) is 19.3 Å². The summed E-state index contributed by atoms with van der Waals surface area (Å²) in [6.45, 7) is 0.395. The molecule has 2 rings (SSSR count). The minimum absolute atomic E-state index is 0.194. The first-order chi connectivity index (χ1) is 9.65. The van der Waals surface area contributed by atoms with Crippen LogP contribution in [0.2, 0.25) is 0 Å². The third-order valence-electron chi connectivity index (χ3n) is 2.57. The van der Waals surface area contributed by atoms with Gasteiger partial charge in [-0.05, 0) is 24.3 Å². The van der Waals surface area contributed by atoms with Crippen LogP contribution in [0.3, 0.4) is 0 Å². The van der Waals surface area contributed by atoms with Gasteiger partial charge in [0.25, 0.3) is 0 Å². The van der Waals surface area contributed by atoms with Gasteiger partial charge in [-0.15, -0.1) is 0 Å². The largest absolute Gasteiger partial charge is 0.337 e. The Morgan fingerprint density at radius 1 is 1.15 bits per heavy atom. The zero-order valence-corrected chi connectivity index (χ0v) is 10.6. The van der Waals surface area contributed by atoms with E-state index in [4.69, 9.17) is 0 Å². The molecule has 0 fully saturated rings. The highest BCUT2D eigenvalue weighted by Gasteiger charge is 2.05. The molecule has 0 spiro atoms. The van der Waals surface area contributed by atoms with Crippen LogP contribution in [-0.4, -0.2) is 17.6 Å². The van der Waals surface area contributed by atoms with Crippen molar-refractivity contribution in [3.63, 3.8) is 0 Å². The Morgan fingerprint density at radius 3 is 2.70 bits per heavy atom. The number of amides is 2. The standard InChI is InChI=1S/C14H13F2N3O/c15-12-5-4-11(9-13(12)16)19-14(20)18-8-6-10-3-1-2-7-17-10/h1-5,7,9H,6,8H2,(H2,18,19,20). The fraction of sp³-hybridized carbons (Fsp3) is 0.143. The first kappa shape index (κ1) is 13.9. The maximum Gasteiger partial charge on any atom is 0.319 e. The SMILES string of the molecule is O=C(NCCc1ccccn1)Nc1ccc(F)c(F)c1. The normalized spacial score (nSPS) is 10.1. The van der Waals surface area contributed by atoms with Gasteiger partial charge in [0, 0.05) is 36.6 Å². The Labute approximate surface area is 114 Å². The molecule has 0 saturated heterocycles. The summed E-state index contributed by atoms with van der Waals surface area (Å²) in [5.41, 5.74) is 1.06. The molecule has 0 aliphatic carbocycles. The van der Waals surface area contributed by atoms with Crippen molar-refractivity contribution >= 4 is 11.7 Å². The molecule has 0 bridgehead atoms.